The van der Waals surface area contributed by atoms with E-state index in [0.717, 1.165) is 5.22 Å². The van der Waals surface area contributed by atoms with E-state index in [4.69, 9.17) is 0 Å². The molecule has 1 amide bonds. The molecule has 0 fully saturated rings. The molecule has 3 nitrogen and oxygen atoms in total. The van der Waals surface area contributed by atoms with Crippen molar-refractivity contribution < 1.29 is 4.79 Å². The molecule has 1 aliphatic rings. The summed E-state index contributed by atoms with van der Waals surface area (Å²) in [7, 11) is 0. The molecule has 0 N–H and O–H groups in total. The Labute approximate surface area is 56.7 Å². The minimum Gasteiger partial charge on any atom is -0.267 e. The van der Waals surface area contributed by atoms with Gasteiger partial charge in [-0.2, -0.15) is 0 Å². The molecule has 2 rings (SSSR count). The fourth-order valence-electron chi connectivity index (χ4n) is 0.896. The molecule has 1 aliphatic heterocycles. The summed E-state index contributed by atoms with van der Waals surface area (Å²) < 4.78 is 0. The summed E-state index contributed by atoms with van der Waals surface area (Å²) in [6.45, 7) is 0. The van der Waals surface area contributed by atoms with Crippen LogP contribution in [0.1, 0.15) is 0 Å². The molecular weight excluding hydrogens is 128 g/mol. The summed E-state index contributed by atoms with van der Waals surface area (Å²) >= 11 is 0. The fourth-order valence-corrected chi connectivity index (χ4v) is 0.896. The van der Waals surface area contributed by atoms with E-state index in [-0.39, 0.29) is 5.91 Å². The number of amides is 1. The SMILES string of the molecule is O=C1C=c2ccncc2=N1. The van der Waals surface area contributed by atoms with Gasteiger partial charge in [-0.25, -0.2) is 4.99 Å². The Kier molecular flexibility index (Phi) is 0.917. The van der Waals surface area contributed by atoms with E-state index in [1.807, 2.05) is 0 Å². The highest BCUT2D eigenvalue weighted by atomic mass is 16.1. The lowest BCUT2D eigenvalue weighted by atomic mass is 10.4. The van der Waals surface area contributed by atoms with Gasteiger partial charge in [0.2, 0.25) is 0 Å². The first-order chi connectivity index (χ1) is 4.86. The maximum Gasteiger partial charge on any atom is 0.270 e. The Balaban J connectivity index is 2.96. The minimum atomic E-state index is -0.192. The van der Waals surface area contributed by atoms with Gasteiger partial charge < -0.3 is 0 Å². The Morgan fingerprint density at radius 2 is 2.30 bits per heavy atom. The van der Waals surface area contributed by atoms with E-state index in [9.17, 15) is 4.79 Å². The third kappa shape index (κ3) is 0.639. The van der Waals surface area contributed by atoms with Crippen LogP contribution in [0.15, 0.2) is 23.5 Å². The Morgan fingerprint density at radius 1 is 1.40 bits per heavy atom. The van der Waals surface area contributed by atoms with Crippen LogP contribution in [0.2, 0.25) is 0 Å². The molecule has 0 spiro atoms. The summed E-state index contributed by atoms with van der Waals surface area (Å²) in [6.07, 6.45) is 4.72. The van der Waals surface area contributed by atoms with Gasteiger partial charge in [0.15, 0.2) is 0 Å². The number of carbonyl (C=O) groups is 1. The highest BCUT2D eigenvalue weighted by Gasteiger charge is 2.00. The van der Waals surface area contributed by atoms with Crippen molar-refractivity contribution in [3.8, 4) is 0 Å². The zero-order valence-electron chi connectivity index (χ0n) is 5.11. The van der Waals surface area contributed by atoms with Crippen molar-refractivity contribution in [1.82, 2.24) is 4.98 Å². The molecule has 3 heteroatoms. The van der Waals surface area contributed by atoms with Gasteiger partial charge in [0.05, 0.1) is 11.6 Å². The second kappa shape index (κ2) is 1.73. The van der Waals surface area contributed by atoms with Gasteiger partial charge in [-0.3, -0.25) is 9.78 Å². The summed E-state index contributed by atoms with van der Waals surface area (Å²) in [6, 6.07) is 1.77. The summed E-state index contributed by atoms with van der Waals surface area (Å²) in [5.74, 6) is -0.192. The molecule has 10 heavy (non-hydrogen) atoms. The van der Waals surface area contributed by atoms with E-state index in [2.05, 4.69) is 9.98 Å². The molecule has 0 radical (unpaired) electrons. The molecule has 0 unspecified atom stereocenters. The van der Waals surface area contributed by atoms with Crippen molar-refractivity contribution >= 4 is 12.0 Å². The monoisotopic (exact) mass is 132 g/mol. The lowest BCUT2D eigenvalue weighted by Crippen LogP contribution is -2.20. The van der Waals surface area contributed by atoms with Crippen LogP contribution in [0.25, 0.3) is 6.08 Å². The molecule has 0 aliphatic carbocycles. The van der Waals surface area contributed by atoms with E-state index >= 15 is 0 Å². The van der Waals surface area contributed by atoms with Gasteiger partial charge in [-0.05, 0) is 6.07 Å². The average Bonchev–Trinajstić information content (AvgIpc) is 2.27. The second-order valence-corrected chi connectivity index (χ2v) is 2.03. The Morgan fingerprint density at radius 3 is 3.10 bits per heavy atom. The number of nitrogens with zero attached hydrogens (tertiary/aromatic N) is 2. The minimum absolute atomic E-state index is 0.192. The smallest absolute Gasteiger partial charge is 0.267 e. The van der Waals surface area contributed by atoms with E-state index < -0.39 is 0 Å². The molecule has 0 saturated heterocycles. The topological polar surface area (TPSA) is 42.3 Å². The number of pyridine rings is 1. The van der Waals surface area contributed by atoms with E-state index in [1.165, 1.54) is 6.08 Å². The third-order valence-corrected chi connectivity index (χ3v) is 1.34. The third-order valence-electron chi connectivity index (χ3n) is 1.34. The first kappa shape index (κ1) is 5.29. The van der Waals surface area contributed by atoms with Gasteiger partial charge in [-0.15, -0.1) is 0 Å². The van der Waals surface area contributed by atoms with Crippen molar-refractivity contribution in [3.63, 3.8) is 0 Å². The van der Waals surface area contributed by atoms with Crippen LogP contribution in [-0.4, -0.2) is 10.9 Å². The largest absolute Gasteiger partial charge is 0.270 e. The quantitative estimate of drug-likeness (QED) is 0.455. The van der Waals surface area contributed by atoms with Gasteiger partial charge in [0.25, 0.3) is 5.91 Å². The first-order valence-corrected chi connectivity index (χ1v) is 2.91. The number of aromatic nitrogens is 1. The average molecular weight is 132 g/mol. The molecule has 0 aromatic carbocycles. The molecule has 1 aromatic heterocycles. The molecular formula is C7H4N2O. The molecule has 48 valence electrons. The van der Waals surface area contributed by atoms with E-state index in [0.29, 0.717) is 5.36 Å². The Hall–Kier alpha value is -1.51. The molecule has 0 bridgehead atoms. The predicted molar refractivity (Wildman–Crippen MR) is 34.5 cm³/mol. The van der Waals surface area contributed by atoms with Gasteiger partial charge in [0.1, 0.15) is 0 Å². The zero-order valence-corrected chi connectivity index (χ0v) is 5.11. The fraction of sp³-hybridized carbons (Fsp3) is 0. The number of fused-ring (bicyclic) bond motifs is 1. The number of hydrogen-bond acceptors (Lipinski definition) is 2. The van der Waals surface area contributed by atoms with Crippen LogP contribution in [0.3, 0.4) is 0 Å². The summed E-state index contributed by atoms with van der Waals surface area (Å²) in [5.41, 5.74) is 0. The zero-order chi connectivity index (χ0) is 6.97. The highest BCUT2D eigenvalue weighted by molar-refractivity contribution is 6.06. The Bertz CT molecular complexity index is 357. The van der Waals surface area contributed by atoms with Crippen molar-refractivity contribution in [1.29, 1.82) is 0 Å². The molecule has 0 saturated carbocycles. The van der Waals surface area contributed by atoms with Crippen molar-refractivity contribution in [2.24, 2.45) is 4.99 Å². The van der Waals surface area contributed by atoms with Crippen LogP contribution in [0.5, 0.6) is 0 Å². The van der Waals surface area contributed by atoms with Gasteiger partial charge in [0, 0.05) is 17.5 Å². The molecule has 0 atom stereocenters. The van der Waals surface area contributed by atoms with Crippen LogP contribution in [-0.2, 0) is 4.79 Å². The summed E-state index contributed by atoms with van der Waals surface area (Å²) in [4.78, 5) is 18.2. The maximum absolute atomic E-state index is 10.6. The van der Waals surface area contributed by atoms with Gasteiger partial charge in [-0.1, -0.05) is 0 Å². The lowest BCUT2D eigenvalue weighted by Gasteiger charge is -1.76. The molecule has 2 heterocycles. The maximum atomic E-state index is 10.6. The number of rotatable bonds is 0. The number of carbonyl (C=O) groups excluding carboxylic acids is 1. The van der Waals surface area contributed by atoms with Gasteiger partial charge >= 0.3 is 0 Å². The number of hydrogen-bond donors (Lipinski definition) is 0. The van der Waals surface area contributed by atoms with Crippen LogP contribution in [0, 0.1) is 0 Å². The molecule has 1 aromatic rings. The second-order valence-electron chi connectivity index (χ2n) is 2.03. The highest BCUT2D eigenvalue weighted by Crippen LogP contribution is 1.79. The predicted octanol–water partition coefficient (Wildman–Crippen LogP) is -0.978. The summed E-state index contributed by atoms with van der Waals surface area (Å²) in [5, 5.41) is 1.53. The normalized spacial score (nSPS) is 13.8. The standard InChI is InChI=1S/C7H4N2O/c10-7-3-5-1-2-8-4-6(5)9-7/h1-4H. The van der Waals surface area contributed by atoms with Crippen LogP contribution in [0.4, 0.5) is 0 Å². The van der Waals surface area contributed by atoms with Crippen LogP contribution >= 0.6 is 0 Å². The van der Waals surface area contributed by atoms with Crippen LogP contribution < -0.4 is 10.6 Å². The first-order valence-electron chi connectivity index (χ1n) is 2.91. The van der Waals surface area contributed by atoms with E-state index in [1.54, 1.807) is 18.5 Å². The lowest BCUT2D eigenvalue weighted by molar-refractivity contribution is -0.112. The van der Waals surface area contributed by atoms with Crippen molar-refractivity contribution in [2.75, 3.05) is 0 Å². The van der Waals surface area contributed by atoms with Crippen molar-refractivity contribution in [2.45, 2.75) is 0 Å². The van der Waals surface area contributed by atoms with Crippen molar-refractivity contribution in [3.05, 3.63) is 29.0 Å².